The highest BCUT2D eigenvalue weighted by Crippen LogP contribution is 2.43. The minimum atomic E-state index is -7.70. The summed E-state index contributed by atoms with van der Waals surface area (Å²) in [6.07, 6.45) is 0. The van der Waals surface area contributed by atoms with Crippen molar-refractivity contribution in [3.8, 4) is 0 Å². The zero-order valence-electron chi connectivity index (χ0n) is 17.0. The van der Waals surface area contributed by atoms with Crippen LogP contribution in [0.2, 0.25) is 30.1 Å². The lowest BCUT2D eigenvalue weighted by molar-refractivity contribution is -0.139. The molecule has 0 aliphatic rings. The quantitative estimate of drug-likeness (QED) is 0.196. The molecule has 2 rings (SSSR count). The van der Waals surface area contributed by atoms with E-state index in [1.165, 1.54) is 0 Å². The number of carbonyl (C=O) groups excluding carboxylic acids is 2. The molecule has 38 heavy (non-hydrogen) atoms. The smallest absolute Gasteiger partial charge is 0.270 e. The largest absolute Gasteiger partial charge is 0.517 e. The molecular weight excluding hydrogens is 707 g/mol. The van der Waals surface area contributed by atoms with E-state index in [-0.39, 0.29) is 14.9 Å². The fraction of sp³-hybridized carbons (Fsp3) is 0.125. The topological polar surface area (TPSA) is 109 Å². The highest BCUT2D eigenvalue weighted by molar-refractivity contribution is 8.05. The number of anilines is 2. The molecule has 0 fully saturated rings. The van der Waals surface area contributed by atoms with Crippen molar-refractivity contribution in [2.75, 3.05) is 4.90 Å². The maximum Gasteiger partial charge on any atom is 0.517 e. The van der Waals surface area contributed by atoms with E-state index in [0.29, 0.717) is 12.1 Å². The van der Waals surface area contributed by atoms with Crippen molar-refractivity contribution >= 4 is 113 Å². The van der Waals surface area contributed by atoms with Crippen molar-refractivity contribution in [1.29, 1.82) is 0 Å². The monoisotopic (exact) mass is 708 g/mol. The van der Waals surface area contributed by atoms with Gasteiger partial charge in [0.2, 0.25) is 0 Å². The van der Waals surface area contributed by atoms with Crippen molar-refractivity contribution < 1.29 is 52.8 Å². The normalized spacial score (nSPS) is 12.8. The number of sulfonamides is 2. The van der Waals surface area contributed by atoms with Gasteiger partial charge in [0.25, 0.3) is 0 Å². The van der Waals surface area contributed by atoms with Gasteiger partial charge in [0, 0.05) is 0 Å². The molecule has 0 radical (unpaired) electrons. The summed E-state index contributed by atoms with van der Waals surface area (Å²) in [5.74, 6) is -6.03. The second-order valence-corrected chi connectivity index (χ2v) is 12.7. The van der Waals surface area contributed by atoms with Gasteiger partial charge < -0.3 is 0 Å². The maximum atomic E-state index is 13.2. The Kier molecular flexibility index (Phi) is 9.39. The Hall–Kier alpha value is -1.40. The van der Waals surface area contributed by atoms with Crippen molar-refractivity contribution in [1.82, 2.24) is 3.71 Å². The van der Waals surface area contributed by atoms with Crippen molar-refractivity contribution in [3.63, 3.8) is 0 Å². The van der Waals surface area contributed by atoms with Crippen LogP contribution in [0.4, 0.5) is 37.7 Å². The Bertz CT molecular complexity index is 1450. The number of nitrogens with zero attached hydrogens (tertiary/aromatic N) is 2. The molecule has 0 heterocycles. The maximum absolute atomic E-state index is 13.2. The van der Waals surface area contributed by atoms with Crippen LogP contribution >= 0.6 is 69.6 Å². The van der Waals surface area contributed by atoms with Crippen LogP contribution in [0.5, 0.6) is 0 Å². The number of rotatable bonds is 4. The van der Waals surface area contributed by atoms with Gasteiger partial charge in [-0.1, -0.05) is 69.6 Å². The number of hydrogen-bond donors (Lipinski definition) is 0. The molecule has 0 aliphatic carbocycles. The van der Waals surface area contributed by atoms with Gasteiger partial charge in [0.15, 0.2) is 0 Å². The number of benzene rings is 2. The van der Waals surface area contributed by atoms with Gasteiger partial charge in [-0.3, -0.25) is 14.5 Å². The molecule has 2 aromatic rings. The summed E-state index contributed by atoms with van der Waals surface area (Å²) >= 11 is 35.1. The zero-order chi connectivity index (χ0) is 29.8. The Morgan fingerprint density at radius 3 is 1.13 bits per heavy atom. The van der Waals surface area contributed by atoms with Gasteiger partial charge in [0.05, 0.1) is 41.5 Å². The molecule has 0 saturated carbocycles. The van der Waals surface area contributed by atoms with Crippen LogP contribution in [0, 0.1) is 0 Å². The highest BCUT2D eigenvalue weighted by atomic mass is 35.5. The molecule has 8 nitrogen and oxygen atoms in total. The minimum Gasteiger partial charge on any atom is -0.270 e. The summed E-state index contributed by atoms with van der Waals surface area (Å²) in [5.41, 5.74) is -15.3. The van der Waals surface area contributed by atoms with E-state index in [4.69, 9.17) is 69.6 Å². The molecule has 2 amide bonds. The van der Waals surface area contributed by atoms with Crippen LogP contribution in [0.25, 0.3) is 0 Å². The average Bonchev–Trinajstić information content (AvgIpc) is 2.73. The SMILES string of the molecule is O=C(C(=O)N(S(=O)(=O)C(F)(F)F)S(=O)(=O)C(F)(F)F)N(c1cc(Cl)c(Cl)cc1Cl)c1cc(Cl)c(Cl)cc1Cl. The van der Waals surface area contributed by atoms with Crippen LogP contribution in [0.1, 0.15) is 0 Å². The molecule has 0 unspecified atom stereocenters. The van der Waals surface area contributed by atoms with Gasteiger partial charge in [-0.15, -0.1) is 3.71 Å². The lowest BCUT2D eigenvalue weighted by Crippen LogP contribution is -2.56. The molecule has 0 saturated heterocycles. The average molecular weight is 711 g/mol. The number of hydrogen-bond acceptors (Lipinski definition) is 6. The second-order valence-electron chi connectivity index (χ2n) is 6.48. The summed E-state index contributed by atoms with van der Waals surface area (Å²) in [7, 11) is -15.4. The summed E-state index contributed by atoms with van der Waals surface area (Å²) in [6, 6.07) is 2.93. The molecule has 0 spiro atoms. The van der Waals surface area contributed by atoms with Crippen LogP contribution < -0.4 is 4.90 Å². The standard InChI is InChI=1S/C16H4Cl6F6N2O6S2/c17-5-1-9(21)11(3-7(5)19)29(12-4-8(20)6(18)2-10(12)22)13(31)14(32)30(37(33,34)15(23,24)25)38(35,36)16(26,27)28/h1-4H. The lowest BCUT2D eigenvalue weighted by atomic mass is 10.2. The van der Waals surface area contributed by atoms with Gasteiger partial charge in [-0.25, -0.2) is 0 Å². The Morgan fingerprint density at radius 2 is 0.842 bits per heavy atom. The number of amides is 2. The highest BCUT2D eigenvalue weighted by Gasteiger charge is 2.65. The van der Waals surface area contributed by atoms with E-state index in [9.17, 15) is 52.8 Å². The number of alkyl halides is 6. The molecule has 0 aromatic heterocycles. The van der Waals surface area contributed by atoms with E-state index in [1.54, 1.807) is 0 Å². The first kappa shape index (κ1) is 32.8. The molecule has 210 valence electrons. The number of halogens is 12. The van der Waals surface area contributed by atoms with E-state index in [1.807, 2.05) is 0 Å². The summed E-state index contributed by atoms with van der Waals surface area (Å²) < 4.78 is 124. The van der Waals surface area contributed by atoms with Gasteiger partial charge in [0.1, 0.15) is 0 Å². The summed E-state index contributed by atoms with van der Waals surface area (Å²) in [4.78, 5) is 25.7. The first-order valence-electron chi connectivity index (χ1n) is 8.57. The van der Waals surface area contributed by atoms with E-state index in [2.05, 4.69) is 0 Å². The van der Waals surface area contributed by atoms with Crippen molar-refractivity contribution in [2.45, 2.75) is 11.0 Å². The van der Waals surface area contributed by atoms with Crippen LogP contribution in [0.3, 0.4) is 0 Å². The van der Waals surface area contributed by atoms with Crippen LogP contribution in [0.15, 0.2) is 24.3 Å². The van der Waals surface area contributed by atoms with Crippen LogP contribution in [-0.4, -0.2) is 43.4 Å². The van der Waals surface area contributed by atoms with E-state index < -0.39 is 78.1 Å². The predicted molar refractivity (Wildman–Crippen MR) is 127 cm³/mol. The fourth-order valence-electron chi connectivity index (χ4n) is 2.42. The van der Waals surface area contributed by atoms with E-state index in [0.717, 1.165) is 12.1 Å². The van der Waals surface area contributed by atoms with Gasteiger partial charge in [-0.2, -0.15) is 43.2 Å². The molecule has 2 aromatic carbocycles. The van der Waals surface area contributed by atoms with Crippen molar-refractivity contribution in [3.05, 3.63) is 54.4 Å². The first-order chi connectivity index (χ1) is 17.0. The molecular formula is C16H4Cl6F6N2O6S2. The molecule has 0 bridgehead atoms. The summed E-state index contributed by atoms with van der Waals surface area (Å²) in [5, 5.41) is -2.86. The third kappa shape index (κ3) is 6.01. The fourth-order valence-corrected chi connectivity index (χ4v) is 6.19. The predicted octanol–water partition coefficient (Wildman–Crippen LogP) is 6.80. The van der Waals surface area contributed by atoms with Crippen LogP contribution in [-0.2, 0) is 29.6 Å². The molecule has 0 N–H and O–H groups in total. The molecule has 0 atom stereocenters. The zero-order valence-corrected chi connectivity index (χ0v) is 23.2. The first-order valence-corrected chi connectivity index (χ1v) is 13.7. The van der Waals surface area contributed by atoms with Gasteiger partial charge in [-0.05, 0) is 24.3 Å². The Labute approximate surface area is 238 Å². The molecule has 22 heteroatoms. The van der Waals surface area contributed by atoms with Gasteiger partial charge >= 0.3 is 42.9 Å². The minimum absolute atomic E-state index is 0.151. The Morgan fingerprint density at radius 1 is 0.553 bits per heavy atom. The summed E-state index contributed by atoms with van der Waals surface area (Å²) in [6.45, 7) is 0. The third-order valence-electron chi connectivity index (χ3n) is 4.03. The lowest BCUT2D eigenvalue weighted by Gasteiger charge is -2.28. The molecule has 0 aliphatic heterocycles. The number of carbonyl (C=O) groups is 2. The van der Waals surface area contributed by atoms with E-state index >= 15 is 0 Å². The Balaban J connectivity index is 2.98. The third-order valence-corrected chi connectivity index (χ3v) is 9.64. The van der Waals surface area contributed by atoms with Crippen molar-refractivity contribution in [2.24, 2.45) is 0 Å². The second kappa shape index (κ2) is 10.9.